The zero-order valence-electron chi connectivity index (χ0n) is 13.6. The highest BCUT2D eigenvalue weighted by Crippen LogP contribution is 2.60. The molecule has 1 spiro atoms. The molecule has 0 unspecified atom stereocenters. The van der Waals surface area contributed by atoms with E-state index in [-0.39, 0.29) is 23.1 Å². The molecule has 2 saturated carbocycles. The number of nitrogens with zero attached hydrogens (tertiary/aromatic N) is 1. The van der Waals surface area contributed by atoms with Crippen LogP contribution in [0.1, 0.15) is 39.0 Å². The topological polar surface area (TPSA) is 54.5 Å². The third kappa shape index (κ3) is 2.38. The van der Waals surface area contributed by atoms with Gasteiger partial charge in [-0.3, -0.25) is 4.79 Å². The number of carbonyl (C=O) groups excluding carboxylic acids is 1. The van der Waals surface area contributed by atoms with Crippen molar-refractivity contribution in [2.45, 2.75) is 70.3 Å². The van der Waals surface area contributed by atoms with Crippen LogP contribution in [0.3, 0.4) is 0 Å². The van der Waals surface area contributed by atoms with Crippen LogP contribution in [0.4, 0.5) is 0 Å². The molecule has 4 nitrogen and oxygen atoms in total. The Bertz CT molecular complexity index is 568. The molecule has 3 aliphatic rings. The van der Waals surface area contributed by atoms with Crippen molar-refractivity contribution in [2.24, 2.45) is 11.3 Å². The minimum Gasteiger partial charge on any atom is -0.274 e. The van der Waals surface area contributed by atoms with Crippen LogP contribution in [-0.2, 0) is 14.8 Å². The second kappa shape index (κ2) is 4.57. The Hall–Kier alpha value is -0.363. The molecule has 0 N–H and O–H groups in total. The van der Waals surface area contributed by atoms with Crippen molar-refractivity contribution in [3.63, 3.8) is 0 Å². The number of fused-ring (bicyclic) bond motifs is 1. The van der Waals surface area contributed by atoms with Crippen LogP contribution in [-0.4, -0.2) is 38.5 Å². The van der Waals surface area contributed by atoms with Gasteiger partial charge in [0.25, 0.3) is 0 Å². The summed E-state index contributed by atoms with van der Waals surface area (Å²) in [7, 11) is -4.80. The Balaban J connectivity index is 1.83. The Labute approximate surface area is 129 Å². The summed E-state index contributed by atoms with van der Waals surface area (Å²) in [6.45, 7) is 8.82. The van der Waals surface area contributed by atoms with Gasteiger partial charge in [-0.25, -0.2) is 12.7 Å². The molecule has 120 valence electrons. The number of hydrogen-bond donors (Lipinski definition) is 0. The van der Waals surface area contributed by atoms with E-state index in [4.69, 9.17) is 0 Å². The summed E-state index contributed by atoms with van der Waals surface area (Å²) in [4.78, 5) is 12.7. The average molecular weight is 330 g/mol. The van der Waals surface area contributed by atoms with Gasteiger partial charge in [-0.2, -0.15) is 0 Å². The summed E-state index contributed by atoms with van der Waals surface area (Å²) in [6, 6.07) is -0.0254. The Morgan fingerprint density at radius 3 is 2.62 bits per heavy atom. The van der Waals surface area contributed by atoms with Gasteiger partial charge in [0.2, 0.25) is 15.9 Å². The van der Waals surface area contributed by atoms with Crippen LogP contribution in [0.25, 0.3) is 0 Å². The fourth-order valence-electron chi connectivity index (χ4n) is 4.53. The molecule has 0 aromatic carbocycles. The van der Waals surface area contributed by atoms with Crippen molar-refractivity contribution in [3.8, 4) is 0 Å². The number of sulfonamides is 1. The number of rotatable bonds is 3. The summed E-state index contributed by atoms with van der Waals surface area (Å²) in [5.74, 6) is 0.725. The van der Waals surface area contributed by atoms with Gasteiger partial charge in [0.1, 0.15) is 0 Å². The molecule has 1 amide bonds. The fraction of sp³-hybridized carbons (Fsp3) is 0.933. The number of hydrogen-bond acceptors (Lipinski definition) is 3. The summed E-state index contributed by atoms with van der Waals surface area (Å²) >= 11 is 0. The minimum atomic E-state index is -3.38. The summed E-state index contributed by atoms with van der Waals surface area (Å²) in [5, 5.41) is 0. The van der Waals surface area contributed by atoms with Gasteiger partial charge in [0.15, 0.2) is 0 Å². The lowest BCUT2D eigenvalue weighted by Crippen LogP contribution is -2.43. The lowest BCUT2D eigenvalue weighted by atomic mass is 9.82. The van der Waals surface area contributed by atoms with Crippen molar-refractivity contribution in [1.82, 2.24) is 4.31 Å². The average Bonchev–Trinajstić information content (AvgIpc) is 2.89. The quantitative estimate of drug-likeness (QED) is 0.748. The Morgan fingerprint density at radius 1 is 1.38 bits per heavy atom. The maximum absolute atomic E-state index is 12.7. The van der Waals surface area contributed by atoms with Crippen molar-refractivity contribution in [3.05, 3.63) is 0 Å². The molecule has 0 radical (unpaired) electrons. The largest absolute Gasteiger partial charge is 0.274 e. The molecular weight excluding hydrogens is 302 g/mol. The van der Waals surface area contributed by atoms with Crippen molar-refractivity contribution in [2.75, 3.05) is 5.75 Å². The van der Waals surface area contributed by atoms with E-state index in [2.05, 4.69) is 26.6 Å². The van der Waals surface area contributed by atoms with Crippen LogP contribution in [0.15, 0.2) is 0 Å². The molecule has 3 fully saturated rings. The second-order valence-corrected chi connectivity index (χ2v) is 16.2. The standard InChI is InChI=1S/C15H27NO3SSi/c1-11(21(2,3)4)7-14(17)16-13-8-12-5-6-15(13,9-12)10-20(16,18)19/h11-13H,5-10H2,1-4H3/t11-,12-,13-,15-/m1/s1. The molecular formula is C15H27NO3SSi. The smallest absolute Gasteiger partial charge is 0.238 e. The maximum atomic E-state index is 12.7. The van der Waals surface area contributed by atoms with Crippen molar-refractivity contribution < 1.29 is 13.2 Å². The zero-order valence-corrected chi connectivity index (χ0v) is 15.4. The van der Waals surface area contributed by atoms with E-state index < -0.39 is 18.1 Å². The molecule has 21 heavy (non-hydrogen) atoms. The molecule has 0 aromatic rings. The van der Waals surface area contributed by atoms with Crippen molar-refractivity contribution in [1.29, 1.82) is 0 Å². The van der Waals surface area contributed by atoms with Crippen molar-refractivity contribution >= 4 is 24.0 Å². The fourth-order valence-corrected chi connectivity index (χ4v) is 7.72. The molecule has 2 aliphatic carbocycles. The van der Waals surface area contributed by atoms with Crippen LogP contribution in [0, 0.1) is 11.3 Å². The number of carbonyl (C=O) groups is 1. The van der Waals surface area contributed by atoms with E-state index in [1.54, 1.807) is 0 Å². The highest BCUT2D eigenvalue weighted by Gasteiger charge is 2.64. The zero-order chi connectivity index (χ0) is 15.6. The van der Waals surface area contributed by atoms with Crippen LogP contribution < -0.4 is 0 Å². The molecule has 6 heteroatoms. The van der Waals surface area contributed by atoms with Gasteiger partial charge in [0, 0.05) is 19.9 Å². The number of amides is 1. The van der Waals surface area contributed by atoms with Gasteiger partial charge < -0.3 is 0 Å². The molecule has 1 saturated heterocycles. The summed E-state index contributed by atoms with van der Waals surface area (Å²) in [6.07, 6.45) is 4.47. The van der Waals surface area contributed by atoms with Gasteiger partial charge in [0.05, 0.1) is 11.8 Å². The summed E-state index contributed by atoms with van der Waals surface area (Å²) < 4.78 is 26.4. The highest BCUT2D eigenvalue weighted by molar-refractivity contribution is 7.90. The van der Waals surface area contributed by atoms with Gasteiger partial charge in [-0.1, -0.05) is 26.6 Å². The van der Waals surface area contributed by atoms with Gasteiger partial charge >= 0.3 is 0 Å². The normalized spacial score (nSPS) is 38.6. The summed E-state index contributed by atoms with van der Waals surface area (Å²) in [5.41, 5.74) is 0.219. The molecule has 1 heterocycles. The first-order chi connectivity index (χ1) is 9.55. The third-order valence-electron chi connectivity index (χ3n) is 6.27. The second-order valence-electron chi connectivity index (χ2n) is 8.64. The molecule has 2 bridgehead atoms. The van der Waals surface area contributed by atoms with Crippen LogP contribution in [0.2, 0.25) is 25.2 Å². The molecule has 0 aromatic heterocycles. The minimum absolute atomic E-state index is 0.0254. The molecule has 3 rings (SSSR count). The van der Waals surface area contributed by atoms with E-state index in [1.165, 1.54) is 4.31 Å². The lowest BCUT2D eigenvalue weighted by Gasteiger charge is -2.32. The first kappa shape index (κ1) is 15.5. The maximum Gasteiger partial charge on any atom is 0.238 e. The molecule has 4 atom stereocenters. The monoisotopic (exact) mass is 329 g/mol. The predicted molar refractivity (Wildman–Crippen MR) is 86.2 cm³/mol. The molecule has 1 aliphatic heterocycles. The first-order valence-corrected chi connectivity index (χ1v) is 13.3. The Morgan fingerprint density at radius 2 is 2.05 bits per heavy atom. The predicted octanol–water partition coefficient (Wildman–Crippen LogP) is 2.84. The Kier molecular flexibility index (Phi) is 3.38. The SMILES string of the molecule is C[C@H](CC(=O)N1[C@@H]2C[C@H]3CC[C@@]2(C3)CS1(=O)=O)[Si](C)(C)C. The third-order valence-corrected chi connectivity index (χ3v) is 11.4. The van der Waals surface area contributed by atoms with E-state index in [0.29, 0.717) is 17.9 Å². The first-order valence-electron chi connectivity index (χ1n) is 8.10. The van der Waals surface area contributed by atoms with E-state index >= 15 is 0 Å². The van der Waals surface area contributed by atoms with Gasteiger partial charge in [-0.15, -0.1) is 0 Å². The van der Waals surface area contributed by atoms with Gasteiger partial charge in [-0.05, 0) is 37.1 Å². The lowest BCUT2D eigenvalue weighted by molar-refractivity contribution is -0.128. The van der Waals surface area contributed by atoms with E-state index in [9.17, 15) is 13.2 Å². The highest BCUT2D eigenvalue weighted by atomic mass is 32.2. The van der Waals surface area contributed by atoms with E-state index in [1.807, 2.05) is 0 Å². The van der Waals surface area contributed by atoms with Crippen LogP contribution >= 0.6 is 0 Å². The van der Waals surface area contributed by atoms with E-state index in [0.717, 1.165) is 25.7 Å². The van der Waals surface area contributed by atoms with Crippen LogP contribution in [0.5, 0.6) is 0 Å².